The number of benzene rings is 1. The van der Waals surface area contributed by atoms with Crippen LogP contribution in [0.15, 0.2) is 24.3 Å². The standard InChI is InChI=1S/C10H12FNO/c11-10-5-4-9(12)7-8(10)3-1-2-6-13/h1,3-5,7,13H,2,6,12H2. The minimum atomic E-state index is -0.302. The Morgan fingerprint density at radius 2 is 2.23 bits per heavy atom. The summed E-state index contributed by atoms with van der Waals surface area (Å²) in [7, 11) is 0. The van der Waals surface area contributed by atoms with Crippen LogP contribution in [0.25, 0.3) is 6.08 Å². The summed E-state index contributed by atoms with van der Waals surface area (Å²) in [5, 5.41) is 8.50. The Kier molecular flexibility index (Phi) is 3.46. The number of halogens is 1. The second kappa shape index (κ2) is 4.62. The van der Waals surface area contributed by atoms with Crippen molar-refractivity contribution in [1.29, 1.82) is 0 Å². The highest BCUT2D eigenvalue weighted by molar-refractivity contribution is 5.56. The van der Waals surface area contributed by atoms with Gasteiger partial charge in [-0.2, -0.15) is 0 Å². The maximum Gasteiger partial charge on any atom is 0.130 e. The van der Waals surface area contributed by atoms with E-state index in [1.165, 1.54) is 12.1 Å². The van der Waals surface area contributed by atoms with Gasteiger partial charge in [-0.05, 0) is 24.6 Å². The summed E-state index contributed by atoms with van der Waals surface area (Å²) in [4.78, 5) is 0. The molecule has 1 rings (SSSR count). The summed E-state index contributed by atoms with van der Waals surface area (Å²) >= 11 is 0. The number of rotatable bonds is 3. The number of nitrogens with two attached hydrogens (primary N) is 1. The Morgan fingerprint density at radius 3 is 2.92 bits per heavy atom. The molecule has 1 aromatic rings. The lowest BCUT2D eigenvalue weighted by atomic mass is 10.1. The fourth-order valence-electron chi connectivity index (χ4n) is 0.975. The quantitative estimate of drug-likeness (QED) is 0.698. The van der Waals surface area contributed by atoms with Crippen molar-refractivity contribution in [2.24, 2.45) is 0 Å². The predicted octanol–water partition coefficient (Wildman–Crippen LogP) is 1.80. The molecule has 0 saturated heterocycles. The third-order valence-electron chi connectivity index (χ3n) is 1.61. The van der Waals surface area contributed by atoms with Crippen molar-refractivity contribution in [3.05, 3.63) is 35.7 Å². The first-order chi connectivity index (χ1) is 6.24. The fourth-order valence-corrected chi connectivity index (χ4v) is 0.975. The van der Waals surface area contributed by atoms with E-state index in [1.54, 1.807) is 18.2 Å². The predicted molar refractivity (Wildman–Crippen MR) is 51.5 cm³/mol. The van der Waals surface area contributed by atoms with Crippen molar-refractivity contribution >= 4 is 11.8 Å². The minimum absolute atomic E-state index is 0.0699. The Labute approximate surface area is 76.5 Å². The zero-order chi connectivity index (χ0) is 9.68. The summed E-state index contributed by atoms with van der Waals surface area (Å²) in [6, 6.07) is 4.40. The number of nitrogen functional groups attached to an aromatic ring is 1. The van der Waals surface area contributed by atoms with Gasteiger partial charge in [0, 0.05) is 17.9 Å². The van der Waals surface area contributed by atoms with Crippen LogP contribution < -0.4 is 5.73 Å². The third-order valence-corrected chi connectivity index (χ3v) is 1.61. The SMILES string of the molecule is Nc1ccc(F)c(C=CCCO)c1. The average molecular weight is 181 g/mol. The van der Waals surface area contributed by atoms with E-state index < -0.39 is 0 Å². The van der Waals surface area contributed by atoms with Gasteiger partial charge in [-0.3, -0.25) is 0 Å². The molecule has 0 aromatic heterocycles. The van der Waals surface area contributed by atoms with E-state index in [9.17, 15) is 4.39 Å². The van der Waals surface area contributed by atoms with Crippen LogP contribution >= 0.6 is 0 Å². The molecule has 0 bridgehead atoms. The van der Waals surface area contributed by atoms with E-state index >= 15 is 0 Å². The Balaban J connectivity index is 2.81. The summed E-state index contributed by atoms with van der Waals surface area (Å²) in [5.41, 5.74) is 6.47. The van der Waals surface area contributed by atoms with Crippen molar-refractivity contribution in [2.45, 2.75) is 6.42 Å². The van der Waals surface area contributed by atoms with Crippen LogP contribution in [0.1, 0.15) is 12.0 Å². The van der Waals surface area contributed by atoms with E-state index in [1.807, 2.05) is 0 Å². The van der Waals surface area contributed by atoms with Crippen LogP contribution in [0.2, 0.25) is 0 Å². The third kappa shape index (κ3) is 2.87. The van der Waals surface area contributed by atoms with E-state index in [-0.39, 0.29) is 12.4 Å². The number of aliphatic hydroxyl groups excluding tert-OH is 1. The van der Waals surface area contributed by atoms with Crippen LogP contribution in [0, 0.1) is 5.82 Å². The first-order valence-electron chi connectivity index (χ1n) is 4.06. The van der Waals surface area contributed by atoms with Crippen LogP contribution in [0.5, 0.6) is 0 Å². The molecule has 13 heavy (non-hydrogen) atoms. The largest absolute Gasteiger partial charge is 0.399 e. The Morgan fingerprint density at radius 1 is 1.46 bits per heavy atom. The van der Waals surface area contributed by atoms with Crippen LogP contribution in [0.4, 0.5) is 10.1 Å². The zero-order valence-corrected chi connectivity index (χ0v) is 7.20. The van der Waals surface area contributed by atoms with E-state index in [4.69, 9.17) is 10.8 Å². The molecule has 0 radical (unpaired) electrons. The zero-order valence-electron chi connectivity index (χ0n) is 7.20. The van der Waals surface area contributed by atoms with Gasteiger partial charge in [0.2, 0.25) is 0 Å². The highest BCUT2D eigenvalue weighted by Crippen LogP contribution is 2.13. The van der Waals surface area contributed by atoms with Gasteiger partial charge >= 0.3 is 0 Å². The lowest BCUT2D eigenvalue weighted by Gasteiger charge is -1.98. The summed E-state index contributed by atoms with van der Waals surface area (Å²) in [6.45, 7) is 0.0699. The average Bonchev–Trinajstić information content (AvgIpc) is 2.11. The molecule has 0 unspecified atom stereocenters. The number of hydrogen-bond acceptors (Lipinski definition) is 2. The minimum Gasteiger partial charge on any atom is -0.399 e. The molecule has 0 saturated carbocycles. The lowest BCUT2D eigenvalue weighted by Crippen LogP contribution is -1.88. The molecule has 0 amide bonds. The molecular weight excluding hydrogens is 169 g/mol. The molecular formula is C10H12FNO. The molecule has 70 valence electrons. The summed E-state index contributed by atoms with van der Waals surface area (Å²) in [6.07, 6.45) is 3.84. The molecule has 0 aliphatic heterocycles. The lowest BCUT2D eigenvalue weighted by molar-refractivity contribution is 0.303. The van der Waals surface area contributed by atoms with Crippen molar-refractivity contribution in [2.75, 3.05) is 12.3 Å². The van der Waals surface area contributed by atoms with Crippen LogP contribution in [-0.4, -0.2) is 11.7 Å². The van der Waals surface area contributed by atoms with Gasteiger partial charge in [0.15, 0.2) is 0 Å². The number of anilines is 1. The van der Waals surface area contributed by atoms with Crippen molar-refractivity contribution < 1.29 is 9.50 Å². The van der Waals surface area contributed by atoms with E-state index in [0.717, 1.165) is 0 Å². The molecule has 0 spiro atoms. The Hall–Kier alpha value is -1.35. The van der Waals surface area contributed by atoms with Crippen molar-refractivity contribution in [3.63, 3.8) is 0 Å². The first kappa shape index (κ1) is 9.74. The van der Waals surface area contributed by atoms with Gasteiger partial charge in [0.1, 0.15) is 5.82 Å². The van der Waals surface area contributed by atoms with Gasteiger partial charge < -0.3 is 10.8 Å². The topological polar surface area (TPSA) is 46.2 Å². The molecule has 0 aliphatic carbocycles. The first-order valence-corrected chi connectivity index (χ1v) is 4.06. The highest BCUT2D eigenvalue weighted by Gasteiger charge is 1.97. The molecule has 0 heterocycles. The second-order valence-corrected chi connectivity index (χ2v) is 2.70. The second-order valence-electron chi connectivity index (χ2n) is 2.70. The summed E-state index contributed by atoms with van der Waals surface area (Å²) < 4.78 is 13.0. The van der Waals surface area contributed by atoms with Gasteiger partial charge in [-0.1, -0.05) is 12.2 Å². The van der Waals surface area contributed by atoms with E-state index in [0.29, 0.717) is 17.7 Å². The number of hydrogen-bond donors (Lipinski definition) is 2. The van der Waals surface area contributed by atoms with Gasteiger partial charge in [-0.25, -0.2) is 4.39 Å². The highest BCUT2D eigenvalue weighted by atomic mass is 19.1. The van der Waals surface area contributed by atoms with Crippen LogP contribution in [0.3, 0.4) is 0 Å². The molecule has 3 N–H and O–H groups in total. The smallest absolute Gasteiger partial charge is 0.130 e. The molecule has 1 aromatic carbocycles. The monoisotopic (exact) mass is 181 g/mol. The Bertz CT molecular complexity index is 310. The molecule has 2 nitrogen and oxygen atoms in total. The van der Waals surface area contributed by atoms with Crippen molar-refractivity contribution in [1.82, 2.24) is 0 Å². The fraction of sp³-hybridized carbons (Fsp3) is 0.200. The van der Waals surface area contributed by atoms with Gasteiger partial charge in [0.25, 0.3) is 0 Å². The number of aliphatic hydroxyl groups is 1. The van der Waals surface area contributed by atoms with E-state index in [2.05, 4.69) is 0 Å². The maximum absolute atomic E-state index is 13.0. The molecule has 0 fully saturated rings. The molecule has 0 aliphatic rings. The normalized spacial score (nSPS) is 10.9. The molecule has 3 heteroatoms. The van der Waals surface area contributed by atoms with Crippen molar-refractivity contribution in [3.8, 4) is 0 Å². The molecule has 0 atom stereocenters. The van der Waals surface area contributed by atoms with Gasteiger partial charge in [0.05, 0.1) is 0 Å². The summed E-state index contributed by atoms with van der Waals surface area (Å²) in [5.74, 6) is -0.302. The maximum atomic E-state index is 13.0. The van der Waals surface area contributed by atoms with Gasteiger partial charge in [-0.15, -0.1) is 0 Å². The van der Waals surface area contributed by atoms with Crippen LogP contribution in [-0.2, 0) is 0 Å².